The Bertz CT molecular complexity index is 546. The lowest BCUT2D eigenvalue weighted by atomic mass is 10.3. The number of aromatic nitrogens is 1. The van der Waals surface area contributed by atoms with Gasteiger partial charge in [-0.25, -0.2) is 4.98 Å². The number of likely N-dealkylation sites (N-methyl/N-ethyl adjacent to an activating group) is 1. The fourth-order valence-electron chi connectivity index (χ4n) is 1.99. The molecule has 5 heteroatoms. The zero-order valence-electron chi connectivity index (χ0n) is 12.3. The van der Waals surface area contributed by atoms with Crippen molar-refractivity contribution < 1.29 is 9.69 Å². The number of nitrogens with zero attached hydrogens (tertiary/aromatic N) is 2. The number of carbonyl (C=O) groups excluding carboxylic acids is 1. The molecule has 0 fully saturated rings. The number of hydrogen-bond donors (Lipinski definition) is 1. The van der Waals surface area contributed by atoms with Gasteiger partial charge in [-0.3, -0.25) is 9.69 Å². The summed E-state index contributed by atoms with van der Waals surface area (Å²) >= 11 is 1.60. The van der Waals surface area contributed by atoms with E-state index >= 15 is 0 Å². The van der Waals surface area contributed by atoms with E-state index in [9.17, 15) is 4.79 Å². The molecule has 2 rings (SSSR count). The van der Waals surface area contributed by atoms with Crippen LogP contribution in [0.25, 0.3) is 10.2 Å². The Balaban J connectivity index is 2.26. The lowest BCUT2D eigenvalue weighted by Crippen LogP contribution is -3.06. The van der Waals surface area contributed by atoms with Crippen molar-refractivity contribution in [3.63, 3.8) is 0 Å². The van der Waals surface area contributed by atoms with Crippen LogP contribution in [-0.2, 0) is 4.79 Å². The van der Waals surface area contributed by atoms with Crippen LogP contribution in [0.5, 0.6) is 0 Å². The van der Waals surface area contributed by atoms with E-state index in [1.165, 1.54) is 4.90 Å². The molecule has 0 spiro atoms. The van der Waals surface area contributed by atoms with Crippen molar-refractivity contribution in [1.82, 2.24) is 4.98 Å². The molecule has 0 saturated carbocycles. The minimum atomic E-state index is 0.174. The Morgan fingerprint density at radius 3 is 2.75 bits per heavy atom. The van der Waals surface area contributed by atoms with Gasteiger partial charge in [0.05, 0.1) is 37.4 Å². The fourth-order valence-corrected chi connectivity index (χ4v) is 3.00. The summed E-state index contributed by atoms with van der Waals surface area (Å²) in [5, 5.41) is 0.825. The van der Waals surface area contributed by atoms with Crippen molar-refractivity contribution in [2.75, 3.05) is 32.1 Å². The number of carbonyl (C=O) groups is 1. The molecule has 0 saturated heterocycles. The van der Waals surface area contributed by atoms with E-state index in [-0.39, 0.29) is 5.91 Å². The molecule has 1 amide bonds. The predicted molar refractivity (Wildman–Crippen MR) is 84.6 cm³/mol. The first-order valence-corrected chi connectivity index (χ1v) is 7.88. The molecule has 0 aliphatic heterocycles. The standard InChI is InChI=1S/C15H21N3OS/c1-4-7-14(19)18(11-10-17(2)3)15-16-12-8-5-6-9-13(12)20-15/h5-6,8-9H,4,7,10-11H2,1-3H3/p+1. The fraction of sp³-hybridized carbons (Fsp3) is 0.467. The van der Waals surface area contributed by atoms with Crippen molar-refractivity contribution in [2.45, 2.75) is 19.8 Å². The third kappa shape index (κ3) is 3.55. The monoisotopic (exact) mass is 292 g/mol. The number of rotatable bonds is 6. The molecule has 1 aromatic carbocycles. The molecular formula is C15H22N3OS+. The van der Waals surface area contributed by atoms with Crippen LogP contribution >= 0.6 is 11.3 Å². The molecule has 108 valence electrons. The van der Waals surface area contributed by atoms with Crippen LogP contribution in [0.3, 0.4) is 0 Å². The Morgan fingerprint density at radius 2 is 2.10 bits per heavy atom. The molecule has 20 heavy (non-hydrogen) atoms. The van der Waals surface area contributed by atoms with Crippen molar-refractivity contribution >= 4 is 32.6 Å². The van der Waals surface area contributed by atoms with E-state index in [0.717, 1.165) is 34.9 Å². The maximum Gasteiger partial charge on any atom is 0.228 e. The number of thiazole rings is 1. The SMILES string of the molecule is CCCC(=O)N(CC[NH+](C)C)c1nc2ccccc2s1. The Hall–Kier alpha value is -1.46. The normalized spacial score (nSPS) is 11.2. The number of nitrogens with one attached hydrogen (secondary N) is 1. The summed E-state index contributed by atoms with van der Waals surface area (Å²) in [5.41, 5.74) is 0.971. The molecular weight excluding hydrogens is 270 g/mol. The number of benzene rings is 1. The lowest BCUT2D eigenvalue weighted by molar-refractivity contribution is -0.856. The predicted octanol–water partition coefficient (Wildman–Crippen LogP) is 1.57. The number of fused-ring (bicyclic) bond motifs is 1. The first kappa shape index (κ1) is 14.9. The first-order chi connectivity index (χ1) is 9.61. The molecule has 2 aromatic rings. The number of anilines is 1. The minimum absolute atomic E-state index is 0.174. The van der Waals surface area contributed by atoms with Crippen LogP contribution in [0.1, 0.15) is 19.8 Å². The molecule has 0 atom stereocenters. The highest BCUT2D eigenvalue weighted by Crippen LogP contribution is 2.28. The zero-order chi connectivity index (χ0) is 14.5. The van der Waals surface area contributed by atoms with Crippen molar-refractivity contribution in [1.29, 1.82) is 0 Å². The summed E-state index contributed by atoms with van der Waals surface area (Å²) in [5.74, 6) is 0.174. The van der Waals surface area contributed by atoms with Crippen molar-refractivity contribution in [2.24, 2.45) is 0 Å². The molecule has 0 radical (unpaired) electrons. The van der Waals surface area contributed by atoms with Crippen LogP contribution in [-0.4, -0.2) is 38.1 Å². The van der Waals surface area contributed by atoms with Crippen LogP contribution in [0.2, 0.25) is 0 Å². The highest BCUT2D eigenvalue weighted by atomic mass is 32.1. The molecule has 1 N–H and O–H groups in total. The largest absolute Gasteiger partial charge is 0.338 e. The summed E-state index contributed by atoms with van der Waals surface area (Å²) in [6.07, 6.45) is 1.45. The molecule has 1 heterocycles. The molecule has 1 aromatic heterocycles. The second-order valence-corrected chi connectivity index (χ2v) is 6.23. The Kier molecular flexibility index (Phi) is 5.09. The summed E-state index contributed by atoms with van der Waals surface area (Å²) in [7, 11) is 4.20. The molecule has 0 bridgehead atoms. The van der Waals surface area contributed by atoms with Gasteiger partial charge in [-0.15, -0.1) is 0 Å². The quantitative estimate of drug-likeness (QED) is 0.877. The smallest absolute Gasteiger partial charge is 0.228 e. The van der Waals surface area contributed by atoms with Crippen LogP contribution in [0.4, 0.5) is 5.13 Å². The lowest BCUT2D eigenvalue weighted by Gasteiger charge is -2.20. The highest BCUT2D eigenvalue weighted by Gasteiger charge is 2.19. The van der Waals surface area contributed by atoms with E-state index in [0.29, 0.717) is 6.42 Å². The van der Waals surface area contributed by atoms with E-state index in [4.69, 9.17) is 0 Å². The average molecular weight is 292 g/mol. The van der Waals surface area contributed by atoms with Gasteiger partial charge in [-0.05, 0) is 18.6 Å². The van der Waals surface area contributed by atoms with Gasteiger partial charge in [-0.1, -0.05) is 30.4 Å². The third-order valence-electron chi connectivity index (χ3n) is 3.11. The molecule has 0 aliphatic carbocycles. The van der Waals surface area contributed by atoms with Gasteiger partial charge in [0, 0.05) is 6.42 Å². The van der Waals surface area contributed by atoms with Gasteiger partial charge >= 0.3 is 0 Å². The van der Waals surface area contributed by atoms with Crippen molar-refractivity contribution in [3.05, 3.63) is 24.3 Å². The molecule has 0 unspecified atom stereocenters. The maximum atomic E-state index is 12.3. The molecule has 4 nitrogen and oxygen atoms in total. The van der Waals surface area contributed by atoms with Gasteiger partial charge in [-0.2, -0.15) is 0 Å². The van der Waals surface area contributed by atoms with Gasteiger partial charge < -0.3 is 4.90 Å². The van der Waals surface area contributed by atoms with Gasteiger partial charge in [0.15, 0.2) is 5.13 Å². The topological polar surface area (TPSA) is 37.6 Å². The minimum Gasteiger partial charge on any atom is -0.338 e. The maximum absolute atomic E-state index is 12.3. The number of hydrogen-bond acceptors (Lipinski definition) is 3. The van der Waals surface area contributed by atoms with E-state index in [1.807, 2.05) is 30.0 Å². The number of amides is 1. The van der Waals surface area contributed by atoms with Crippen molar-refractivity contribution in [3.8, 4) is 0 Å². The summed E-state index contributed by atoms with van der Waals surface area (Å²) < 4.78 is 1.13. The van der Waals surface area contributed by atoms with Crippen LogP contribution < -0.4 is 9.80 Å². The Labute approximate surface area is 124 Å². The van der Waals surface area contributed by atoms with E-state index in [1.54, 1.807) is 11.3 Å². The van der Waals surface area contributed by atoms with E-state index in [2.05, 4.69) is 25.1 Å². The molecule has 0 aliphatic rings. The summed E-state index contributed by atoms with van der Waals surface area (Å²) in [6, 6.07) is 8.03. The third-order valence-corrected chi connectivity index (χ3v) is 4.17. The first-order valence-electron chi connectivity index (χ1n) is 7.06. The average Bonchev–Trinajstić information content (AvgIpc) is 2.82. The Morgan fingerprint density at radius 1 is 1.35 bits per heavy atom. The zero-order valence-corrected chi connectivity index (χ0v) is 13.2. The second kappa shape index (κ2) is 6.81. The summed E-state index contributed by atoms with van der Waals surface area (Å²) in [6.45, 7) is 3.68. The highest BCUT2D eigenvalue weighted by molar-refractivity contribution is 7.22. The second-order valence-electron chi connectivity index (χ2n) is 5.22. The van der Waals surface area contributed by atoms with E-state index < -0.39 is 0 Å². The van der Waals surface area contributed by atoms with Crippen LogP contribution in [0, 0.1) is 0 Å². The van der Waals surface area contributed by atoms with Crippen LogP contribution in [0.15, 0.2) is 24.3 Å². The summed E-state index contributed by atoms with van der Waals surface area (Å²) in [4.78, 5) is 20.1. The van der Waals surface area contributed by atoms with Gasteiger partial charge in [0.2, 0.25) is 5.91 Å². The van der Waals surface area contributed by atoms with Gasteiger partial charge in [0.25, 0.3) is 0 Å². The van der Waals surface area contributed by atoms with Gasteiger partial charge in [0.1, 0.15) is 0 Å². The number of para-hydroxylation sites is 1. The number of quaternary nitrogens is 1.